The molecule has 1 aromatic heterocycles. The summed E-state index contributed by atoms with van der Waals surface area (Å²) in [7, 11) is 1.66. The van der Waals surface area contributed by atoms with Gasteiger partial charge in [0.05, 0.1) is 7.11 Å². The van der Waals surface area contributed by atoms with Gasteiger partial charge in [0.15, 0.2) is 0 Å². The number of benzene rings is 1. The molecule has 0 atom stereocenters. The van der Waals surface area contributed by atoms with Crippen LogP contribution in [0.1, 0.15) is 38.5 Å². The van der Waals surface area contributed by atoms with Crippen molar-refractivity contribution in [2.45, 2.75) is 38.6 Å². The highest BCUT2D eigenvalue weighted by Crippen LogP contribution is 2.29. The second-order valence-corrected chi connectivity index (χ2v) is 6.09. The van der Waals surface area contributed by atoms with Crippen molar-refractivity contribution < 1.29 is 9.26 Å². The van der Waals surface area contributed by atoms with E-state index in [0.717, 1.165) is 43.1 Å². The molecule has 0 unspecified atom stereocenters. The average molecular weight is 301 g/mol. The van der Waals surface area contributed by atoms with Gasteiger partial charge in [-0.1, -0.05) is 5.16 Å². The number of ether oxygens (including phenoxy) is 1. The number of nitrogens with zero attached hydrogens (tertiary/aromatic N) is 3. The zero-order valence-electron chi connectivity index (χ0n) is 13.5. The lowest BCUT2D eigenvalue weighted by molar-refractivity contribution is 0.160. The molecule has 1 aliphatic heterocycles. The second kappa shape index (κ2) is 6.48. The fourth-order valence-electron chi connectivity index (χ4n) is 2.92. The van der Waals surface area contributed by atoms with Gasteiger partial charge in [0.1, 0.15) is 5.75 Å². The van der Waals surface area contributed by atoms with Gasteiger partial charge in [0.25, 0.3) is 0 Å². The first-order chi connectivity index (χ1) is 10.7. The summed E-state index contributed by atoms with van der Waals surface area (Å²) < 4.78 is 10.7. The Morgan fingerprint density at radius 2 is 1.86 bits per heavy atom. The van der Waals surface area contributed by atoms with Crippen molar-refractivity contribution in [3.8, 4) is 17.1 Å². The first-order valence-corrected chi connectivity index (χ1v) is 7.89. The van der Waals surface area contributed by atoms with Gasteiger partial charge in [-0.05, 0) is 64.0 Å². The Hall–Kier alpha value is -1.88. The van der Waals surface area contributed by atoms with Gasteiger partial charge in [0.2, 0.25) is 11.7 Å². The maximum absolute atomic E-state index is 5.50. The van der Waals surface area contributed by atoms with Gasteiger partial charge in [-0.25, -0.2) is 0 Å². The van der Waals surface area contributed by atoms with E-state index in [-0.39, 0.29) is 0 Å². The molecule has 0 bridgehead atoms. The van der Waals surface area contributed by atoms with Crippen LogP contribution in [0.2, 0.25) is 0 Å². The smallest absolute Gasteiger partial charge is 0.230 e. The molecular weight excluding hydrogens is 278 g/mol. The quantitative estimate of drug-likeness (QED) is 0.867. The number of piperidine rings is 1. The van der Waals surface area contributed by atoms with Gasteiger partial charge in [0, 0.05) is 17.5 Å². The number of hydrogen-bond donors (Lipinski definition) is 0. The fourth-order valence-corrected chi connectivity index (χ4v) is 2.92. The van der Waals surface area contributed by atoms with Crippen LogP contribution in [0.5, 0.6) is 5.75 Å². The Bertz CT molecular complexity index is 599. The monoisotopic (exact) mass is 301 g/mol. The standard InChI is InChI=1S/C17H23N3O2/c1-12(2)20-10-8-14(9-11-20)17-18-16(19-22-17)13-4-6-15(21-3)7-5-13/h4-7,12,14H,8-11H2,1-3H3. The zero-order chi connectivity index (χ0) is 15.5. The van der Waals surface area contributed by atoms with Crippen LogP contribution in [-0.2, 0) is 0 Å². The van der Waals surface area contributed by atoms with Gasteiger partial charge >= 0.3 is 0 Å². The van der Waals surface area contributed by atoms with Crippen LogP contribution in [0.3, 0.4) is 0 Å². The highest BCUT2D eigenvalue weighted by molar-refractivity contribution is 5.55. The van der Waals surface area contributed by atoms with Crippen LogP contribution in [0.4, 0.5) is 0 Å². The molecule has 118 valence electrons. The molecule has 0 radical (unpaired) electrons. The lowest BCUT2D eigenvalue weighted by atomic mass is 9.96. The molecule has 2 aromatic rings. The molecule has 1 aromatic carbocycles. The minimum absolute atomic E-state index is 0.384. The molecule has 5 nitrogen and oxygen atoms in total. The number of aromatic nitrogens is 2. The highest BCUT2D eigenvalue weighted by Gasteiger charge is 2.26. The van der Waals surface area contributed by atoms with E-state index >= 15 is 0 Å². The van der Waals surface area contributed by atoms with Crippen molar-refractivity contribution in [3.63, 3.8) is 0 Å². The lowest BCUT2D eigenvalue weighted by Gasteiger charge is -2.33. The van der Waals surface area contributed by atoms with E-state index in [2.05, 4.69) is 28.9 Å². The van der Waals surface area contributed by atoms with Crippen molar-refractivity contribution in [3.05, 3.63) is 30.2 Å². The van der Waals surface area contributed by atoms with Crippen LogP contribution < -0.4 is 4.74 Å². The topological polar surface area (TPSA) is 51.4 Å². The van der Waals surface area contributed by atoms with E-state index in [4.69, 9.17) is 9.26 Å². The Morgan fingerprint density at radius 3 is 2.45 bits per heavy atom. The van der Waals surface area contributed by atoms with Crippen molar-refractivity contribution in [2.24, 2.45) is 0 Å². The molecule has 22 heavy (non-hydrogen) atoms. The summed E-state index contributed by atoms with van der Waals surface area (Å²) in [4.78, 5) is 7.09. The number of likely N-dealkylation sites (tertiary alicyclic amines) is 1. The van der Waals surface area contributed by atoms with E-state index in [9.17, 15) is 0 Å². The maximum Gasteiger partial charge on any atom is 0.230 e. The normalized spacial score (nSPS) is 17.1. The maximum atomic E-state index is 5.50. The third-order valence-electron chi connectivity index (χ3n) is 4.40. The molecule has 1 fully saturated rings. The van der Waals surface area contributed by atoms with Crippen LogP contribution in [0.25, 0.3) is 11.4 Å². The summed E-state index contributed by atoms with van der Waals surface area (Å²) in [5, 5.41) is 4.13. The summed E-state index contributed by atoms with van der Waals surface area (Å²) in [5.74, 6) is 2.64. The summed E-state index contributed by atoms with van der Waals surface area (Å²) in [6, 6.07) is 8.33. The zero-order valence-corrected chi connectivity index (χ0v) is 13.5. The predicted molar refractivity (Wildman–Crippen MR) is 85.0 cm³/mol. The predicted octanol–water partition coefficient (Wildman–Crippen LogP) is 3.33. The molecule has 0 saturated carbocycles. The van der Waals surface area contributed by atoms with Crippen LogP contribution >= 0.6 is 0 Å². The Kier molecular flexibility index (Phi) is 4.43. The highest BCUT2D eigenvalue weighted by atomic mass is 16.5. The molecule has 3 rings (SSSR count). The Balaban J connectivity index is 1.68. The van der Waals surface area contributed by atoms with E-state index in [0.29, 0.717) is 17.8 Å². The fraction of sp³-hybridized carbons (Fsp3) is 0.529. The summed E-state index contributed by atoms with van der Waals surface area (Å²) in [6.45, 7) is 6.69. The van der Waals surface area contributed by atoms with Crippen LogP contribution in [-0.4, -0.2) is 41.3 Å². The van der Waals surface area contributed by atoms with E-state index in [1.807, 2.05) is 24.3 Å². The number of hydrogen-bond acceptors (Lipinski definition) is 5. The van der Waals surface area contributed by atoms with Gasteiger partial charge in [-0.3, -0.25) is 0 Å². The minimum Gasteiger partial charge on any atom is -0.497 e. The first kappa shape index (κ1) is 15.0. The van der Waals surface area contributed by atoms with Crippen LogP contribution in [0, 0.1) is 0 Å². The molecule has 0 aliphatic carbocycles. The van der Waals surface area contributed by atoms with E-state index in [1.54, 1.807) is 7.11 Å². The largest absolute Gasteiger partial charge is 0.497 e. The minimum atomic E-state index is 0.384. The Morgan fingerprint density at radius 1 is 1.18 bits per heavy atom. The lowest BCUT2D eigenvalue weighted by Crippen LogP contribution is -2.37. The van der Waals surface area contributed by atoms with Crippen molar-refractivity contribution in [2.75, 3.05) is 20.2 Å². The third kappa shape index (κ3) is 3.14. The first-order valence-electron chi connectivity index (χ1n) is 7.89. The average Bonchev–Trinajstić information content (AvgIpc) is 3.05. The third-order valence-corrected chi connectivity index (χ3v) is 4.40. The van der Waals surface area contributed by atoms with Gasteiger partial charge < -0.3 is 14.2 Å². The molecule has 1 aliphatic rings. The molecular formula is C17H23N3O2. The van der Waals surface area contributed by atoms with Gasteiger partial charge in [-0.15, -0.1) is 0 Å². The van der Waals surface area contributed by atoms with E-state index < -0.39 is 0 Å². The molecule has 0 amide bonds. The Labute approximate surface area is 131 Å². The summed E-state index contributed by atoms with van der Waals surface area (Å²) in [5.41, 5.74) is 0.954. The number of rotatable bonds is 4. The molecule has 1 saturated heterocycles. The van der Waals surface area contributed by atoms with Crippen molar-refractivity contribution in [1.29, 1.82) is 0 Å². The molecule has 0 N–H and O–H groups in total. The molecule has 5 heteroatoms. The van der Waals surface area contributed by atoms with Gasteiger partial charge in [-0.2, -0.15) is 4.98 Å². The SMILES string of the molecule is COc1ccc(-c2noc(C3CCN(C(C)C)CC3)n2)cc1. The second-order valence-electron chi connectivity index (χ2n) is 6.09. The van der Waals surface area contributed by atoms with Crippen LogP contribution in [0.15, 0.2) is 28.8 Å². The van der Waals surface area contributed by atoms with Crippen molar-refractivity contribution >= 4 is 0 Å². The molecule has 2 heterocycles. The molecule has 0 spiro atoms. The van der Waals surface area contributed by atoms with E-state index in [1.165, 1.54) is 0 Å². The number of methoxy groups -OCH3 is 1. The van der Waals surface area contributed by atoms with Crippen molar-refractivity contribution in [1.82, 2.24) is 15.0 Å². The summed E-state index contributed by atoms with van der Waals surface area (Å²) >= 11 is 0. The summed E-state index contributed by atoms with van der Waals surface area (Å²) in [6.07, 6.45) is 2.17.